The predicted octanol–water partition coefficient (Wildman–Crippen LogP) is 3.48. The van der Waals surface area contributed by atoms with Crippen LogP contribution < -0.4 is 10.1 Å². The van der Waals surface area contributed by atoms with Gasteiger partial charge in [0.15, 0.2) is 6.61 Å². The molecule has 7 heteroatoms. The van der Waals surface area contributed by atoms with Gasteiger partial charge in [-0.2, -0.15) is 4.98 Å². The van der Waals surface area contributed by atoms with Crippen LogP contribution in [0.25, 0.3) is 0 Å². The van der Waals surface area contributed by atoms with E-state index in [1.807, 2.05) is 18.2 Å². The van der Waals surface area contributed by atoms with Crippen LogP contribution in [0.5, 0.6) is 5.75 Å². The van der Waals surface area contributed by atoms with Crippen molar-refractivity contribution >= 4 is 17.7 Å². The Morgan fingerprint density at radius 1 is 1.15 bits per heavy atom. The first-order chi connectivity index (χ1) is 12.7. The molecule has 1 aromatic heterocycles. The smallest absolute Gasteiger partial charge is 0.251 e. The number of aryl methyl sites for hydroxylation is 1. The van der Waals surface area contributed by atoms with Crippen LogP contribution in [-0.2, 0) is 6.61 Å². The van der Waals surface area contributed by atoms with Gasteiger partial charge in [-0.25, -0.2) is 0 Å². The molecule has 2 aromatic carbocycles. The highest BCUT2D eigenvalue weighted by Crippen LogP contribution is 2.16. The molecule has 134 valence electrons. The number of carbonyl (C=O) groups is 1. The van der Waals surface area contributed by atoms with Crippen molar-refractivity contribution in [2.24, 2.45) is 0 Å². The Morgan fingerprint density at radius 2 is 1.92 bits per heavy atom. The van der Waals surface area contributed by atoms with E-state index in [-0.39, 0.29) is 12.5 Å². The molecule has 0 spiro atoms. The zero-order valence-corrected chi connectivity index (χ0v) is 15.2. The van der Waals surface area contributed by atoms with Crippen LogP contribution >= 0.6 is 11.8 Å². The number of ether oxygens (including phenoxy) is 1. The summed E-state index contributed by atoms with van der Waals surface area (Å²) < 4.78 is 10.5. The standard InChI is InChI=1S/C19H19N3O3S/c1-14-21-18(22-25-14)13-24-16-9-7-15(8-10-16)19(23)20-11-12-26-17-5-3-2-4-6-17/h2-10H,11-13H2,1H3,(H,20,23). The van der Waals surface area contributed by atoms with Crippen molar-refractivity contribution in [2.75, 3.05) is 12.3 Å². The molecular formula is C19H19N3O3S. The SMILES string of the molecule is Cc1nc(COc2ccc(C(=O)NCCSc3ccccc3)cc2)no1. The van der Waals surface area contributed by atoms with Crippen molar-refractivity contribution in [3.8, 4) is 5.75 Å². The van der Waals surface area contributed by atoms with Gasteiger partial charge in [0.2, 0.25) is 11.7 Å². The van der Waals surface area contributed by atoms with E-state index in [4.69, 9.17) is 9.26 Å². The van der Waals surface area contributed by atoms with E-state index < -0.39 is 0 Å². The van der Waals surface area contributed by atoms with Gasteiger partial charge in [0, 0.05) is 29.7 Å². The van der Waals surface area contributed by atoms with Gasteiger partial charge in [0.05, 0.1) is 0 Å². The van der Waals surface area contributed by atoms with Gasteiger partial charge < -0.3 is 14.6 Å². The second-order valence-corrected chi connectivity index (χ2v) is 6.63. The van der Waals surface area contributed by atoms with Crippen LogP contribution in [-0.4, -0.2) is 28.3 Å². The largest absolute Gasteiger partial charge is 0.485 e. The summed E-state index contributed by atoms with van der Waals surface area (Å²) in [6.45, 7) is 2.55. The molecule has 1 heterocycles. The topological polar surface area (TPSA) is 77.2 Å². The number of hydrogen-bond acceptors (Lipinski definition) is 6. The molecule has 6 nitrogen and oxygen atoms in total. The third-order valence-corrected chi connectivity index (χ3v) is 4.47. The highest BCUT2D eigenvalue weighted by atomic mass is 32.2. The normalized spacial score (nSPS) is 10.5. The van der Waals surface area contributed by atoms with Crippen LogP contribution in [0.1, 0.15) is 22.1 Å². The fraction of sp³-hybridized carbons (Fsp3) is 0.211. The number of amides is 1. The molecule has 0 atom stereocenters. The molecule has 0 unspecified atom stereocenters. The first-order valence-corrected chi connectivity index (χ1v) is 9.17. The maximum absolute atomic E-state index is 12.2. The molecule has 0 radical (unpaired) electrons. The van der Waals surface area contributed by atoms with E-state index in [2.05, 4.69) is 27.6 Å². The molecule has 3 rings (SSSR count). The lowest BCUT2D eigenvalue weighted by molar-refractivity contribution is 0.0956. The quantitative estimate of drug-likeness (QED) is 0.484. The Balaban J connectivity index is 1.41. The maximum Gasteiger partial charge on any atom is 0.251 e. The van der Waals surface area contributed by atoms with Crippen molar-refractivity contribution in [3.05, 3.63) is 71.9 Å². The Labute approximate surface area is 156 Å². The van der Waals surface area contributed by atoms with Crippen LogP contribution in [0.15, 0.2) is 64.0 Å². The van der Waals surface area contributed by atoms with Crippen molar-refractivity contribution in [2.45, 2.75) is 18.4 Å². The molecule has 0 saturated heterocycles. The molecular weight excluding hydrogens is 350 g/mol. The Bertz CT molecular complexity index is 835. The summed E-state index contributed by atoms with van der Waals surface area (Å²) in [7, 11) is 0. The summed E-state index contributed by atoms with van der Waals surface area (Å²) >= 11 is 1.71. The maximum atomic E-state index is 12.2. The van der Waals surface area contributed by atoms with Crippen molar-refractivity contribution in [3.63, 3.8) is 0 Å². The molecule has 1 amide bonds. The third kappa shape index (κ3) is 5.35. The fourth-order valence-electron chi connectivity index (χ4n) is 2.20. The molecule has 0 aliphatic heterocycles. The van der Waals surface area contributed by atoms with Gasteiger partial charge in [-0.05, 0) is 36.4 Å². The summed E-state index contributed by atoms with van der Waals surface area (Å²) in [6.07, 6.45) is 0. The number of nitrogens with one attached hydrogen (secondary N) is 1. The fourth-order valence-corrected chi connectivity index (χ4v) is 2.99. The van der Waals surface area contributed by atoms with Gasteiger partial charge in [-0.3, -0.25) is 4.79 Å². The second-order valence-electron chi connectivity index (χ2n) is 5.46. The average Bonchev–Trinajstić information content (AvgIpc) is 3.10. The van der Waals surface area contributed by atoms with E-state index in [1.54, 1.807) is 43.0 Å². The van der Waals surface area contributed by atoms with E-state index in [0.29, 0.717) is 29.6 Å². The van der Waals surface area contributed by atoms with Crippen molar-refractivity contribution in [1.29, 1.82) is 0 Å². The number of carbonyl (C=O) groups excluding carboxylic acids is 1. The average molecular weight is 369 g/mol. The minimum atomic E-state index is -0.0981. The van der Waals surface area contributed by atoms with E-state index in [0.717, 1.165) is 5.75 Å². The van der Waals surface area contributed by atoms with Gasteiger partial charge in [-0.15, -0.1) is 11.8 Å². The zero-order valence-electron chi connectivity index (χ0n) is 14.3. The number of rotatable bonds is 8. The van der Waals surface area contributed by atoms with Crippen LogP contribution in [0, 0.1) is 6.92 Å². The van der Waals surface area contributed by atoms with Crippen molar-refractivity contribution in [1.82, 2.24) is 15.5 Å². The number of hydrogen-bond donors (Lipinski definition) is 1. The summed E-state index contributed by atoms with van der Waals surface area (Å²) in [5, 5.41) is 6.68. The molecule has 3 aromatic rings. The summed E-state index contributed by atoms with van der Waals surface area (Å²) in [5.41, 5.74) is 0.595. The van der Waals surface area contributed by atoms with E-state index in [9.17, 15) is 4.79 Å². The number of thioether (sulfide) groups is 1. The van der Waals surface area contributed by atoms with Crippen LogP contribution in [0.2, 0.25) is 0 Å². The predicted molar refractivity (Wildman–Crippen MR) is 99.3 cm³/mol. The second kappa shape index (κ2) is 9.05. The molecule has 0 saturated carbocycles. The zero-order chi connectivity index (χ0) is 18.2. The van der Waals surface area contributed by atoms with Gasteiger partial charge in [0.25, 0.3) is 5.91 Å². The lowest BCUT2D eigenvalue weighted by Gasteiger charge is -2.07. The molecule has 0 bridgehead atoms. The lowest BCUT2D eigenvalue weighted by Crippen LogP contribution is -2.25. The number of benzene rings is 2. The summed E-state index contributed by atoms with van der Waals surface area (Å²) in [4.78, 5) is 17.4. The highest BCUT2D eigenvalue weighted by Gasteiger charge is 2.07. The highest BCUT2D eigenvalue weighted by molar-refractivity contribution is 7.99. The first kappa shape index (κ1) is 18.0. The molecule has 1 N–H and O–H groups in total. The monoisotopic (exact) mass is 369 g/mol. The van der Waals surface area contributed by atoms with Crippen LogP contribution in [0.3, 0.4) is 0 Å². The number of aromatic nitrogens is 2. The van der Waals surface area contributed by atoms with Crippen molar-refractivity contribution < 1.29 is 14.1 Å². The van der Waals surface area contributed by atoms with Gasteiger partial charge in [-0.1, -0.05) is 23.4 Å². The Morgan fingerprint density at radius 3 is 2.62 bits per heavy atom. The first-order valence-electron chi connectivity index (χ1n) is 8.19. The van der Waals surface area contributed by atoms with Gasteiger partial charge >= 0.3 is 0 Å². The minimum absolute atomic E-state index is 0.0981. The molecule has 0 fully saturated rings. The minimum Gasteiger partial charge on any atom is -0.485 e. The molecule has 0 aliphatic rings. The van der Waals surface area contributed by atoms with E-state index in [1.165, 1.54) is 4.90 Å². The third-order valence-electron chi connectivity index (χ3n) is 3.45. The Hall–Kier alpha value is -2.80. The lowest BCUT2D eigenvalue weighted by atomic mass is 10.2. The van der Waals surface area contributed by atoms with Gasteiger partial charge in [0.1, 0.15) is 5.75 Å². The van der Waals surface area contributed by atoms with Crippen LogP contribution in [0.4, 0.5) is 0 Å². The van der Waals surface area contributed by atoms with E-state index >= 15 is 0 Å². The summed E-state index contributed by atoms with van der Waals surface area (Å²) in [5.74, 6) is 2.35. The summed E-state index contributed by atoms with van der Waals surface area (Å²) in [6, 6.07) is 17.1. The number of nitrogens with zero attached hydrogens (tertiary/aromatic N) is 2. The Kier molecular flexibility index (Phi) is 6.27. The molecule has 26 heavy (non-hydrogen) atoms. The molecule has 0 aliphatic carbocycles.